The number of nitrogens with zero attached hydrogens (tertiary/aromatic N) is 1. The van der Waals surface area contributed by atoms with Gasteiger partial charge in [0.1, 0.15) is 0 Å². The molecular formula is C11H17N2O2-. The van der Waals surface area contributed by atoms with Crippen LogP contribution in [0.5, 0.6) is 0 Å². The zero-order valence-corrected chi connectivity index (χ0v) is 9.46. The molecule has 0 aromatic rings. The summed E-state index contributed by atoms with van der Waals surface area (Å²) in [6, 6.07) is 0. The van der Waals surface area contributed by atoms with E-state index in [4.69, 9.17) is 5.84 Å². The number of nitrogens with two attached hydrogens (primary N) is 1. The Morgan fingerprint density at radius 2 is 2.00 bits per heavy atom. The Kier molecular flexibility index (Phi) is 1.77. The standard InChI is InChI=1S/C11H18N2O2/c1-9(2)10(3)4-5-11(9,8(14)15)6-7(10)13-12/h4-6,12H2,1-3H3,(H,14,15)/p-1/b13-7+/t10-,11+/m0/s1. The Balaban J connectivity index is 2.61. The first-order valence-corrected chi connectivity index (χ1v) is 5.30. The predicted molar refractivity (Wildman–Crippen MR) is 54.8 cm³/mol. The second-order valence-corrected chi connectivity index (χ2v) is 5.58. The molecule has 2 fully saturated rings. The molecular weight excluding hydrogens is 192 g/mol. The molecule has 2 saturated carbocycles. The minimum atomic E-state index is -0.949. The van der Waals surface area contributed by atoms with Crippen LogP contribution in [0.1, 0.15) is 40.0 Å². The van der Waals surface area contributed by atoms with Crippen LogP contribution in [0.4, 0.5) is 0 Å². The molecule has 84 valence electrons. The lowest BCUT2D eigenvalue weighted by Crippen LogP contribution is -2.47. The first kappa shape index (κ1) is 10.5. The minimum absolute atomic E-state index is 0.179. The van der Waals surface area contributed by atoms with E-state index >= 15 is 0 Å². The van der Waals surface area contributed by atoms with Crippen LogP contribution in [0.25, 0.3) is 0 Å². The summed E-state index contributed by atoms with van der Waals surface area (Å²) in [5, 5.41) is 15.2. The van der Waals surface area contributed by atoms with Gasteiger partial charge in [-0.1, -0.05) is 20.8 Å². The number of rotatable bonds is 1. The molecule has 2 N–H and O–H groups in total. The van der Waals surface area contributed by atoms with E-state index in [1.54, 1.807) is 0 Å². The van der Waals surface area contributed by atoms with Gasteiger partial charge in [0.25, 0.3) is 0 Å². The van der Waals surface area contributed by atoms with Gasteiger partial charge in [0, 0.05) is 22.5 Å². The fourth-order valence-electron chi connectivity index (χ4n) is 3.53. The fourth-order valence-corrected chi connectivity index (χ4v) is 3.53. The molecule has 0 spiro atoms. The van der Waals surface area contributed by atoms with E-state index in [-0.39, 0.29) is 10.8 Å². The number of carbonyl (C=O) groups excluding carboxylic acids is 1. The molecule has 0 radical (unpaired) electrons. The van der Waals surface area contributed by atoms with Crippen molar-refractivity contribution < 1.29 is 9.90 Å². The van der Waals surface area contributed by atoms with Crippen molar-refractivity contribution in [1.82, 2.24) is 0 Å². The summed E-state index contributed by atoms with van der Waals surface area (Å²) in [6.07, 6.45) is 1.97. The third-order valence-corrected chi connectivity index (χ3v) is 5.28. The highest BCUT2D eigenvalue weighted by Crippen LogP contribution is 2.70. The Bertz CT molecular complexity index is 362. The van der Waals surface area contributed by atoms with Gasteiger partial charge in [0.05, 0.1) is 0 Å². The van der Waals surface area contributed by atoms with E-state index in [1.807, 2.05) is 13.8 Å². The van der Waals surface area contributed by atoms with E-state index in [9.17, 15) is 9.90 Å². The number of hydrazone groups is 1. The number of hydrogen-bond donors (Lipinski definition) is 1. The summed E-state index contributed by atoms with van der Waals surface area (Å²) >= 11 is 0. The first-order chi connectivity index (χ1) is 6.82. The molecule has 4 heteroatoms. The Morgan fingerprint density at radius 3 is 2.33 bits per heavy atom. The van der Waals surface area contributed by atoms with Crippen LogP contribution in [-0.4, -0.2) is 11.7 Å². The summed E-state index contributed by atoms with van der Waals surface area (Å²) in [4.78, 5) is 11.4. The average molecular weight is 209 g/mol. The maximum atomic E-state index is 11.4. The number of aliphatic carboxylic acids is 1. The van der Waals surface area contributed by atoms with Crippen molar-refractivity contribution in [2.75, 3.05) is 0 Å². The molecule has 4 nitrogen and oxygen atoms in total. The van der Waals surface area contributed by atoms with Crippen molar-refractivity contribution in [1.29, 1.82) is 0 Å². The van der Waals surface area contributed by atoms with Crippen molar-refractivity contribution >= 4 is 11.7 Å². The smallest absolute Gasteiger partial charge is 0.0485 e. The largest absolute Gasteiger partial charge is 0.550 e. The van der Waals surface area contributed by atoms with Gasteiger partial charge in [-0.2, -0.15) is 5.10 Å². The second-order valence-electron chi connectivity index (χ2n) is 5.58. The summed E-state index contributed by atoms with van der Waals surface area (Å²) in [5.74, 6) is 4.41. The number of hydrogen-bond acceptors (Lipinski definition) is 4. The number of carbonyl (C=O) groups is 1. The van der Waals surface area contributed by atoms with Crippen molar-refractivity contribution in [3.8, 4) is 0 Å². The summed E-state index contributed by atoms with van der Waals surface area (Å²) in [5.41, 5.74) is -0.429. The molecule has 2 bridgehead atoms. The van der Waals surface area contributed by atoms with Crippen molar-refractivity contribution in [3.63, 3.8) is 0 Å². The molecule has 2 atom stereocenters. The van der Waals surface area contributed by atoms with Crippen LogP contribution in [-0.2, 0) is 4.79 Å². The Morgan fingerprint density at radius 1 is 1.40 bits per heavy atom. The minimum Gasteiger partial charge on any atom is -0.550 e. The fraction of sp³-hybridized carbons (Fsp3) is 0.818. The monoisotopic (exact) mass is 209 g/mol. The summed E-state index contributed by atoms with van der Waals surface area (Å²) in [6.45, 7) is 6.05. The van der Waals surface area contributed by atoms with Gasteiger partial charge in [-0.25, -0.2) is 0 Å². The molecule has 2 rings (SSSR count). The highest BCUT2D eigenvalue weighted by molar-refractivity contribution is 6.00. The number of carboxylic acids is 1. The van der Waals surface area contributed by atoms with E-state index in [1.165, 1.54) is 0 Å². The van der Waals surface area contributed by atoms with E-state index in [0.29, 0.717) is 12.8 Å². The molecule has 15 heavy (non-hydrogen) atoms. The topological polar surface area (TPSA) is 78.5 Å². The highest BCUT2D eigenvalue weighted by Gasteiger charge is 2.69. The van der Waals surface area contributed by atoms with Gasteiger partial charge >= 0.3 is 0 Å². The van der Waals surface area contributed by atoms with Crippen molar-refractivity contribution in [2.45, 2.75) is 40.0 Å². The highest BCUT2D eigenvalue weighted by atomic mass is 16.4. The van der Waals surface area contributed by atoms with Gasteiger partial charge in [-0.05, 0) is 24.7 Å². The maximum Gasteiger partial charge on any atom is 0.0485 e. The predicted octanol–water partition coefficient (Wildman–Crippen LogP) is 0.267. The molecule has 2 aliphatic carbocycles. The zero-order valence-electron chi connectivity index (χ0n) is 9.46. The van der Waals surface area contributed by atoms with Crippen LogP contribution in [0.3, 0.4) is 0 Å². The number of carboxylic acid groups (broad SMARTS) is 1. The van der Waals surface area contributed by atoms with Crippen molar-refractivity contribution in [3.05, 3.63) is 0 Å². The molecule has 0 aromatic heterocycles. The molecule has 0 saturated heterocycles. The molecule has 0 aromatic carbocycles. The van der Waals surface area contributed by atoms with Crippen LogP contribution in [0, 0.1) is 16.2 Å². The quantitative estimate of drug-likeness (QED) is 0.497. The lowest BCUT2D eigenvalue weighted by molar-refractivity contribution is -0.323. The summed E-state index contributed by atoms with van der Waals surface area (Å²) in [7, 11) is 0. The number of fused-ring (bicyclic) bond motifs is 2. The molecule has 2 aliphatic rings. The zero-order chi connectivity index (χ0) is 11.5. The third kappa shape index (κ3) is 0.840. The second kappa shape index (κ2) is 2.54. The van der Waals surface area contributed by atoms with E-state index < -0.39 is 11.4 Å². The third-order valence-electron chi connectivity index (χ3n) is 5.28. The molecule has 0 aliphatic heterocycles. The molecule has 0 heterocycles. The van der Waals surface area contributed by atoms with Gasteiger partial charge in [0.15, 0.2) is 0 Å². The van der Waals surface area contributed by atoms with Gasteiger partial charge in [-0.15, -0.1) is 0 Å². The Hall–Kier alpha value is -1.06. The lowest BCUT2D eigenvalue weighted by atomic mass is 9.65. The van der Waals surface area contributed by atoms with Gasteiger partial charge in [0.2, 0.25) is 0 Å². The van der Waals surface area contributed by atoms with E-state index in [2.05, 4.69) is 12.0 Å². The van der Waals surface area contributed by atoms with E-state index in [0.717, 1.165) is 12.1 Å². The molecule has 0 amide bonds. The molecule has 0 unspecified atom stereocenters. The Labute approximate surface area is 89.5 Å². The van der Waals surface area contributed by atoms with Crippen LogP contribution >= 0.6 is 0 Å². The average Bonchev–Trinajstić information content (AvgIpc) is 2.46. The van der Waals surface area contributed by atoms with Gasteiger partial charge in [-0.3, -0.25) is 0 Å². The van der Waals surface area contributed by atoms with Crippen molar-refractivity contribution in [2.24, 2.45) is 27.2 Å². The van der Waals surface area contributed by atoms with Gasteiger partial charge < -0.3 is 15.7 Å². The first-order valence-electron chi connectivity index (χ1n) is 5.30. The summed E-state index contributed by atoms with van der Waals surface area (Å²) < 4.78 is 0. The normalized spacial score (nSPS) is 44.9. The maximum absolute atomic E-state index is 11.4. The van der Waals surface area contributed by atoms with Crippen LogP contribution in [0.15, 0.2) is 5.10 Å². The van der Waals surface area contributed by atoms with Crippen LogP contribution in [0.2, 0.25) is 0 Å². The van der Waals surface area contributed by atoms with Crippen LogP contribution < -0.4 is 10.9 Å². The lowest BCUT2D eigenvalue weighted by Gasteiger charge is -2.41. The SMILES string of the molecule is CC1(C)[C@]2(C(=O)[O-])CC[C@@]1(C)/C(=N/N)C2.